The third-order valence-electron chi connectivity index (χ3n) is 7.33. The van der Waals surface area contributed by atoms with Gasteiger partial charge < -0.3 is 9.80 Å². The van der Waals surface area contributed by atoms with E-state index < -0.39 is 11.7 Å². The van der Waals surface area contributed by atoms with Gasteiger partial charge in [0.05, 0.1) is 16.9 Å². The fraction of sp³-hybridized carbons (Fsp3) is 0.188. The van der Waals surface area contributed by atoms with Gasteiger partial charge in [-0.15, -0.1) is 10.2 Å². The fourth-order valence-electron chi connectivity index (χ4n) is 5.04. The van der Waals surface area contributed by atoms with Crippen LogP contribution in [0.1, 0.15) is 21.5 Å². The summed E-state index contributed by atoms with van der Waals surface area (Å²) < 4.78 is 56.3. The number of hydrogen-bond acceptors (Lipinski definition) is 6. The number of piperazine rings is 1. The first-order chi connectivity index (χ1) is 21.3. The van der Waals surface area contributed by atoms with E-state index >= 15 is 0 Å². The molecule has 1 aliphatic rings. The zero-order chi connectivity index (χ0) is 30.7. The molecular formula is C32H26F4N6OS. The predicted octanol–water partition coefficient (Wildman–Crippen LogP) is 6.74. The lowest BCUT2D eigenvalue weighted by molar-refractivity contribution is -0.137. The minimum absolute atomic E-state index is 0.0938. The summed E-state index contributed by atoms with van der Waals surface area (Å²) in [7, 11) is 0. The van der Waals surface area contributed by atoms with Crippen molar-refractivity contribution in [2.24, 2.45) is 0 Å². The van der Waals surface area contributed by atoms with Gasteiger partial charge >= 0.3 is 6.18 Å². The molecule has 7 nitrogen and oxygen atoms in total. The van der Waals surface area contributed by atoms with Crippen molar-refractivity contribution < 1.29 is 22.4 Å². The molecule has 0 atom stereocenters. The van der Waals surface area contributed by atoms with Crippen LogP contribution in [0.3, 0.4) is 0 Å². The third kappa shape index (κ3) is 6.30. The number of nitrogens with zero attached hydrogens (tertiary/aromatic N) is 6. The Labute approximate surface area is 255 Å². The molecule has 12 heteroatoms. The molecule has 0 radical (unpaired) electrons. The van der Waals surface area contributed by atoms with E-state index in [1.807, 2.05) is 17.0 Å². The highest BCUT2D eigenvalue weighted by molar-refractivity contribution is 7.98. The van der Waals surface area contributed by atoms with Gasteiger partial charge in [0.25, 0.3) is 5.91 Å². The number of thioether (sulfide) groups is 1. The largest absolute Gasteiger partial charge is 0.416 e. The minimum Gasteiger partial charge on any atom is -0.366 e. The lowest BCUT2D eigenvalue weighted by atomic mass is 10.1. The number of alkyl halides is 3. The van der Waals surface area contributed by atoms with Gasteiger partial charge in [0, 0.05) is 55.5 Å². The number of halogens is 4. The lowest BCUT2D eigenvalue weighted by Gasteiger charge is -2.36. The number of hydrogen-bond donors (Lipinski definition) is 0. The van der Waals surface area contributed by atoms with Crippen LogP contribution in [0.15, 0.2) is 102 Å². The second-order valence-electron chi connectivity index (χ2n) is 10.1. The Morgan fingerprint density at radius 2 is 1.57 bits per heavy atom. The van der Waals surface area contributed by atoms with Crippen LogP contribution in [0.2, 0.25) is 0 Å². The number of anilines is 1. The fourth-order valence-corrected chi connectivity index (χ4v) is 5.95. The zero-order valence-corrected chi connectivity index (χ0v) is 24.1. The summed E-state index contributed by atoms with van der Waals surface area (Å²) in [5.41, 5.74) is 2.17. The van der Waals surface area contributed by atoms with E-state index in [9.17, 15) is 22.4 Å². The predicted molar refractivity (Wildman–Crippen MR) is 160 cm³/mol. The number of carbonyl (C=O) groups excluding carboxylic acids is 1. The number of para-hydroxylation sites is 1. The molecule has 0 unspecified atom stereocenters. The van der Waals surface area contributed by atoms with Crippen LogP contribution in [0.4, 0.5) is 23.2 Å². The van der Waals surface area contributed by atoms with Crippen LogP contribution >= 0.6 is 11.8 Å². The maximum atomic E-state index is 14.2. The Hall–Kier alpha value is -4.71. The molecule has 5 aromatic rings. The number of rotatable bonds is 7. The molecule has 0 aliphatic carbocycles. The molecule has 44 heavy (non-hydrogen) atoms. The van der Waals surface area contributed by atoms with Crippen molar-refractivity contribution >= 4 is 23.4 Å². The van der Waals surface area contributed by atoms with Crippen molar-refractivity contribution in [3.05, 3.63) is 120 Å². The Bertz CT molecular complexity index is 1750. The van der Waals surface area contributed by atoms with Crippen molar-refractivity contribution in [2.45, 2.75) is 17.1 Å². The van der Waals surface area contributed by atoms with E-state index in [2.05, 4.69) is 15.2 Å². The Morgan fingerprint density at radius 1 is 0.841 bits per heavy atom. The van der Waals surface area contributed by atoms with Crippen molar-refractivity contribution in [3.63, 3.8) is 0 Å². The second-order valence-corrected chi connectivity index (χ2v) is 11.1. The summed E-state index contributed by atoms with van der Waals surface area (Å²) in [6, 6.07) is 22.4. The summed E-state index contributed by atoms with van der Waals surface area (Å²) in [4.78, 5) is 20.9. The van der Waals surface area contributed by atoms with Crippen LogP contribution in [-0.4, -0.2) is 56.7 Å². The monoisotopic (exact) mass is 618 g/mol. The van der Waals surface area contributed by atoms with E-state index in [1.165, 1.54) is 23.9 Å². The number of amides is 1. The van der Waals surface area contributed by atoms with Crippen molar-refractivity contribution in [1.82, 2.24) is 24.6 Å². The third-order valence-corrected chi connectivity index (χ3v) is 8.33. The van der Waals surface area contributed by atoms with Crippen molar-refractivity contribution in [3.8, 4) is 17.1 Å². The highest BCUT2D eigenvalue weighted by Gasteiger charge is 2.31. The molecule has 0 bridgehead atoms. The zero-order valence-electron chi connectivity index (χ0n) is 23.3. The molecule has 3 heterocycles. The van der Waals surface area contributed by atoms with Crippen LogP contribution < -0.4 is 4.90 Å². The van der Waals surface area contributed by atoms with Gasteiger partial charge in [-0.2, -0.15) is 13.2 Å². The summed E-state index contributed by atoms with van der Waals surface area (Å²) in [5.74, 6) is 0.472. The molecule has 6 rings (SSSR count). The van der Waals surface area contributed by atoms with Gasteiger partial charge in [-0.1, -0.05) is 42.1 Å². The van der Waals surface area contributed by atoms with Crippen molar-refractivity contribution in [2.75, 3.05) is 31.1 Å². The summed E-state index contributed by atoms with van der Waals surface area (Å²) in [5, 5.41) is 9.02. The van der Waals surface area contributed by atoms with E-state index in [-0.39, 0.29) is 17.4 Å². The van der Waals surface area contributed by atoms with E-state index in [1.54, 1.807) is 70.4 Å². The molecule has 1 saturated heterocycles. The Morgan fingerprint density at radius 3 is 2.27 bits per heavy atom. The number of pyridine rings is 1. The molecule has 2 aromatic heterocycles. The maximum absolute atomic E-state index is 14.2. The molecule has 1 amide bonds. The van der Waals surface area contributed by atoms with Crippen molar-refractivity contribution in [1.29, 1.82) is 0 Å². The van der Waals surface area contributed by atoms with Gasteiger partial charge in [-0.25, -0.2) is 4.39 Å². The highest BCUT2D eigenvalue weighted by Crippen LogP contribution is 2.34. The van der Waals surface area contributed by atoms with E-state index in [0.29, 0.717) is 59.7 Å². The molecule has 224 valence electrons. The molecule has 0 spiro atoms. The highest BCUT2D eigenvalue weighted by atomic mass is 32.2. The van der Waals surface area contributed by atoms with E-state index in [0.717, 1.165) is 17.7 Å². The second kappa shape index (κ2) is 12.5. The average Bonchev–Trinajstić information content (AvgIpc) is 3.48. The minimum atomic E-state index is -4.50. The van der Waals surface area contributed by atoms with Gasteiger partial charge in [0.1, 0.15) is 5.82 Å². The number of carbonyl (C=O) groups is 1. The first kappa shape index (κ1) is 29.4. The molecule has 0 N–H and O–H groups in total. The lowest BCUT2D eigenvalue weighted by Crippen LogP contribution is -2.49. The SMILES string of the molecule is O=C(c1ccc(CSc2nnc(-c3ccncc3)n2-c2cccc(C(F)(F)F)c2)cc1)N1CCN(c2ccccc2F)CC1. The number of benzene rings is 3. The first-order valence-electron chi connectivity index (χ1n) is 13.8. The quantitative estimate of drug-likeness (QED) is 0.149. The topological polar surface area (TPSA) is 67.2 Å². The van der Waals surface area contributed by atoms with Gasteiger partial charge in [-0.05, 0) is 60.2 Å². The molecule has 1 fully saturated rings. The summed E-state index contributed by atoms with van der Waals surface area (Å²) in [6.07, 6.45) is -1.33. The van der Waals surface area contributed by atoms with Gasteiger partial charge in [0.15, 0.2) is 11.0 Å². The van der Waals surface area contributed by atoms with E-state index in [4.69, 9.17) is 0 Å². The molecular weight excluding hydrogens is 592 g/mol. The van der Waals surface area contributed by atoms with Crippen LogP contribution in [-0.2, 0) is 11.9 Å². The smallest absolute Gasteiger partial charge is 0.366 e. The normalized spacial score (nSPS) is 13.7. The summed E-state index contributed by atoms with van der Waals surface area (Å²) in [6.45, 7) is 2.04. The summed E-state index contributed by atoms with van der Waals surface area (Å²) >= 11 is 1.33. The number of aromatic nitrogens is 4. The molecule has 0 saturated carbocycles. The standard InChI is InChI=1S/C32H26F4N6OS/c33-27-6-1-2-7-28(27)40-16-18-41(19-17-40)30(43)24-10-8-22(9-11-24)21-44-31-39-38-29(23-12-14-37-15-13-23)42(31)26-5-3-4-25(20-26)32(34,35)36/h1-15,20H,16-19,21H2. The van der Waals surface area contributed by atoms with Crippen LogP contribution in [0.25, 0.3) is 17.1 Å². The molecule has 1 aliphatic heterocycles. The van der Waals surface area contributed by atoms with Crippen LogP contribution in [0, 0.1) is 5.82 Å². The van der Waals surface area contributed by atoms with Gasteiger partial charge in [0.2, 0.25) is 0 Å². The van der Waals surface area contributed by atoms with Crippen LogP contribution in [0.5, 0.6) is 0 Å². The Balaban J connectivity index is 1.16. The Kier molecular flexibility index (Phi) is 8.34. The molecule has 3 aromatic carbocycles. The first-order valence-corrected chi connectivity index (χ1v) is 14.8. The maximum Gasteiger partial charge on any atom is 0.416 e. The average molecular weight is 619 g/mol. The van der Waals surface area contributed by atoms with Gasteiger partial charge in [-0.3, -0.25) is 14.3 Å².